The Morgan fingerprint density at radius 1 is 1.24 bits per heavy atom. The molecule has 90 valence electrons. The van der Waals surface area contributed by atoms with Gasteiger partial charge in [0.05, 0.1) is 0 Å². The van der Waals surface area contributed by atoms with Crippen molar-refractivity contribution in [1.82, 2.24) is 0 Å². The summed E-state index contributed by atoms with van der Waals surface area (Å²) < 4.78 is 4.63. The van der Waals surface area contributed by atoms with Crippen LogP contribution in [0.4, 0.5) is 0 Å². The standard InChI is InChI=1S/C11H9ClO5/c12-8-3-1-7(2-4-8)5-9(11(15)16)17-6-10(13)14/h1-5H,6H2,(H,13,14)(H,15,16)/b9-5-. The lowest BCUT2D eigenvalue weighted by Crippen LogP contribution is -2.11. The maximum absolute atomic E-state index is 10.8. The normalized spacial score (nSPS) is 11.0. The third-order valence-corrected chi connectivity index (χ3v) is 1.98. The maximum atomic E-state index is 10.8. The Bertz CT molecular complexity index is 449. The zero-order chi connectivity index (χ0) is 12.8. The van der Waals surface area contributed by atoms with Crippen LogP contribution in [0.15, 0.2) is 30.0 Å². The summed E-state index contributed by atoms with van der Waals surface area (Å²) in [5.41, 5.74) is 0.553. The summed E-state index contributed by atoms with van der Waals surface area (Å²) in [6.45, 7) is -0.703. The molecule has 0 atom stereocenters. The Hall–Kier alpha value is -2.01. The lowest BCUT2D eigenvalue weighted by atomic mass is 10.2. The molecule has 0 unspecified atom stereocenters. The van der Waals surface area contributed by atoms with Gasteiger partial charge in [-0.1, -0.05) is 23.7 Å². The molecule has 0 saturated carbocycles. The molecular weight excluding hydrogens is 248 g/mol. The van der Waals surface area contributed by atoms with Crippen molar-refractivity contribution >= 4 is 29.6 Å². The molecule has 0 bridgehead atoms. The number of carboxylic acids is 2. The zero-order valence-corrected chi connectivity index (χ0v) is 9.35. The fourth-order valence-corrected chi connectivity index (χ4v) is 1.14. The first-order valence-electron chi connectivity index (χ1n) is 4.54. The van der Waals surface area contributed by atoms with Gasteiger partial charge in [0.1, 0.15) is 0 Å². The highest BCUT2D eigenvalue weighted by Crippen LogP contribution is 2.13. The number of aliphatic carboxylic acids is 2. The average molecular weight is 257 g/mol. The summed E-state index contributed by atoms with van der Waals surface area (Å²) in [5, 5.41) is 17.7. The molecule has 0 heterocycles. The molecule has 0 aromatic heterocycles. The molecule has 1 aromatic rings. The lowest BCUT2D eigenvalue weighted by molar-refractivity contribution is -0.143. The minimum Gasteiger partial charge on any atom is -0.479 e. The van der Waals surface area contributed by atoms with Crippen molar-refractivity contribution in [3.05, 3.63) is 40.6 Å². The number of carbonyl (C=O) groups is 2. The molecule has 0 amide bonds. The Kier molecular flexibility index (Phi) is 4.54. The summed E-state index contributed by atoms with van der Waals surface area (Å²) in [6.07, 6.45) is 1.22. The van der Waals surface area contributed by atoms with Crippen molar-refractivity contribution in [2.45, 2.75) is 0 Å². The second-order valence-corrected chi connectivity index (χ2v) is 3.48. The van der Waals surface area contributed by atoms with Gasteiger partial charge in [0.15, 0.2) is 6.61 Å². The van der Waals surface area contributed by atoms with Gasteiger partial charge in [-0.2, -0.15) is 0 Å². The van der Waals surface area contributed by atoms with E-state index in [1.54, 1.807) is 24.3 Å². The van der Waals surface area contributed by atoms with Crippen LogP contribution >= 0.6 is 11.6 Å². The number of hydrogen-bond donors (Lipinski definition) is 2. The molecule has 0 aliphatic rings. The molecule has 17 heavy (non-hydrogen) atoms. The van der Waals surface area contributed by atoms with Gasteiger partial charge in [-0.15, -0.1) is 0 Å². The Labute approximate surface area is 102 Å². The molecule has 5 nitrogen and oxygen atoms in total. The van der Waals surface area contributed by atoms with Gasteiger partial charge in [-0.3, -0.25) is 0 Å². The summed E-state index contributed by atoms with van der Waals surface area (Å²) in [6, 6.07) is 6.36. The van der Waals surface area contributed by atoms with Gasteiger partial charge in [-0.25, -0.2) is 9.59 Å². The topological polar surface area (TPSA) is 83.8 Å². The van der Waals surface area contributed by atoms with Gasteiger partial charge in [-0.05, 0) is 23.8 Å². The van der Waals surface area contributed by atoms with Crippen LogP contribution in [0.5, 0.6) is 0 Å². The van der Waals surface area contributed by atoms with E-state index in [0.29, 0.717) is 10.6 Å². The van der Waals surface area contributed by atoms with Crippen LogP contribution in [0.1, 0.15) is 5.56 Å². The van der Waals surface area contributed by atoms with E-state index in [4.69, 9.17) is 21.8 Å². The summed E-state index contributed by atoms with van der Waals surface area (Å²) in [4.78, 5) is 21.0. The fraction of sp³-hybridized carbons (Fsp3) is 0.0909. The molecule has 1 aromatic carbocycles. The highest BCUT2D eigenvalue weighted by atomic mass is 35.5. The molecule has 0 aliphatic heterocycles. The quantitative estimate of drug-likeness (QED) is 0.621. The largest absolute Gasteiger partial charge is 0.479 e. The van der Waals surface area contributed by atoms with Crippen LogP contribution in [0, 0.1) is 0 Å². The molecule has 0 saturated heterocycles. The number of ether oxygens (including phenoxy) is 1. The van der Waals surface area contributed by atoms with Crippen LogP contribution in [0.3, 0.4) is 0 Å². The van der Waals surface area contributed by atoms with E-state index < -0.39 is 24.3 Å². The lowest BCUT2D eigenvalue weighted by Gasteiger charge is -2.03. The van der Waals surface area contributed by atoms with E-state index in [0.717, 1.165) is 0 Å². The Morgan fingerprint density at radius 3 is 2.29 bits per heavy atom. The number of halogens is 1. The first kappa shape index (κ1) is 13.1. The van der Waals surface area contributed by atoms with Gasteiger partial charge < -0.3 is 14.9 Å². The SMILES string of the molecule is O=C(O)CO/C(=C\c1ccc(Cl)cc1)C(=O)O. The van der Waals surface area contributed by atoms with Gasteiger partial charge in [0.2, 0.25) is 5.76 Å². The molecule has 6 heteroatoms. The highest BCUT2D eigenvalue weighted by Gasteiger charge is 2.10. The van der Waals surface area contributed by atoms with Gasteiger partial charge >= 0.3 is 11.9 Å². The maximum Gasteiger partial charge on any atom is 0.371 e. The summed E-state index contributed by atoms with van der Waals surface area (Å²) in [5.74, 6) is -3.01. The van der Waals surface area contributed by atoms with Crippen LogP contribution in [-0.4, -0.2) is 28.8 Å². The first-order valence-corrected chi connectivity index (χ1v) is 4.92. The number of benzene rings is 1. The van der Waals surface area contributed by atoms with Crippen molar-refractivity contribution in [2.24, 2.45) is 0 Å². The molecule has 0 aliphatic carbocycles. The van der Waals surface area contributed by atoms with Crippen molar-refractivity contribution in [3.63, 3.8) is 0 Å². The molecule has 0 spiro atoms. The third-order valence-electron chi connectivity index (χ3n) is 1.73. The molecule has 1 rings (SSSR count). The molecule has 2 N–H and O–H groups in total. The predicted octanol–water partition coefficient (Wildman–Crippen LogP) is 1.87. The summed E-state index contributed by atoms with van der Waals surface area (Å²) in [7, 11) is 0. The average Bonchev–Trinajstić information content (AvgIpc) is 2.26. The number of rotatable bonds is 5. The van der Waals surface area contributed by atoms with Gasteiger partial charge in [0.25, 0.3) is 0 Å². The molecule has 0 fully saturated rings. The van der Waals surface area contributed by atoms with Crippen LogP contribution in [-0.2, 0) is 14.3 Å². The third kappa shape index (κ3) is 4.56. The van der Waals surface area contributed by atoms with E-state index in [1.807, 2.05) is 0 Å². The second kappa shape index (κ2) is 5.91. The summed E-state index contributed by atoms with van der Waals surface area (Å²) >= 11 is 5.67. The second-order valence-electron chi connectivity index (χ2n) is 3.05. The zero-order valence-electron chi connectivity index (χ0n) is 8.59. The van der Waals surface area contributed by atoms with Gasteiger partial charge in [0, 0.05) is 5.02 Å². The number of hydrogen-bond acceptors (Lipinski definition) is 3. The highest BCUT2D eigenvalue weighted by molar-refractivity contribution is 6.30. The molecule has 0 radical (unpaired) electrons. The van der Waals surface area contributed by atoms with Crippen molar-refractivity contribution in [1.29, 1.82) is 0 Å². The fourth-order valence-electron chi connectivity index (χ4n) is 1.02. The molecular formula is C11H9ClO5. The van der Waals surface area contributed by atoms with E-state index >= 15 is 0 Å². The van der Waals surface area contributed by atoms with Crippen molar-refractivity contribution in [3.8, 4) is 0 Å². The monoisotopic (exact) mass is 256 g/mol. The van der Waals surface area contributed by atoms with Crippen LogP contribution in [0.2, 0.25) is 5.02 Å². The Morgan fingerprint density at radius 2 is 1.82 bits per heavy atom. The van der Waals surface area contributed by atoms with Crippen molar-refractivity contribution < 1.29 is 24.5 Å². The minimum atomic E-state index is -1.33. The van der Waals surface area contributed by atoms with Crippen molar-refractivity contribution in [2.75, 3.05) is 6.61 Å². The predicted molar refractivity (Wildman–Crippen MR) is 60.7 cm³/mol. The van der Waals surface area contributed by atoms with E-state index in [9.17, 15) is 9.59 Å². The number of carboxylic acid groups (broad SMARTS) is 2. The smallest absolute Gasteiger partial charge is 0.371 e. The van der Waals surface area contributed by atoms with Crippen LogP contribution in [0.25, 0.3) is 6.08 Å². The van der Waals surface area contributed by atoms with E-state index in [2.05, 4.69) is 4.74 Å². The van der Waals surface area contributed by atoms with Crippen LogP contribution < -0.4 is 0 Å². The van der Waals surface area contributed by atoms with E-state index in [-0.39, 0.29) is 0 Å². The first-order chi connectivity index (χ1) is 7.99. The minimum absolute atomic E-state index is 0.435. The van der Waals surface area contributed by atoms with E-state index in [1.165, 1.54) is 6.08 Å². The Balaban J connectivity index is 2.86.